The van der Waals surface area contributed by atoms with Gasteiger partial charge in [-0.15, -0.1) is 11.3 Å². The Morgan fingerprint density at radius 3 is 2.48 bits per heavy atom. The van der Waals surface area contributed by atoms with E-state index >= 15 is 0 Å². The topological polar surface area (TPSA) is 46.6 Å². The number of rotatable bonds is 5. The maximum Gasteiger partial charge on any atom is 0.350 e. The molecule has 0 fully saturated rings. The van der Waals surface area contributed by atoms with Crippen LogP contribution in [0.5, 0.6) is 0 Å². The highest BCUT2D eigenvalue weighted by Crippen LogP contribution is 2.39. The van der Waals surface area contributed by atoms with Gasteiger partial charge in [-0.2, -0.15) is 0 Å². The minimum Gasteiger partial charge on any atom is -0.465 e. The number of esters is 1. The fourth-order valence-electron chi connectivity index (χ4n) is 3.49. The number of anilines is 1. The molecule has 0 saturated carbocycles. The minimum atomic E-state index is -0.483. The molecule has 4 nitrogen and oxygen atoms in total. The number of thiophene rings is 1. The molecule has 0 radical (unpaired) electrons. The van der Waals surface area contributed by atoms with Crippen LogP contribution < -0.4 is 4.90 Å². The molecular weight excluding hydrogens is 389 g/mol. The molecule has 3 rings (SSSR count). The van der Waals surface area contributed by atoms with E-state index in [1.807, 2.05) is 26.0 Å². The lowest BCUT2D eigenvalue weighted by atomic mass is 9.90. The monoisotopic (exact) mass is 415 g/mol. The Hall–Kier alpha value is -2.47. The molecule has 1 heterocycles. The van der Waals surface area contributed by atoms with Crippen LogP contribution in [0.2, 0.25) is 0 Å². The van der Waals surface area contributed by atoms with E-state index in [0.717, 1.165) is 35.3 Å². The van der Waals surface area contributed by atoms with Crippen molar-refractivity contribution in [3.05, 3.63) is 52.7 Å². The van der Waals surface area contributed by atoms with Crippen molar-refractivity contribution >= 4 is 28.9 Å². The summed E-state index contributed by atoms with van der Waals surface area (Å²) in [6, 6.07) is 7.78. The lowest BCUT2D eigenvalue weighted by molar-refractivity contribution is -0.115. The van der Waals surface area contributed by atoms with Crippen LogP contribution in [0.25, 0.3) is 10.4 Å². The van der Waals surface area contributed by atoms with Gasteiger partial charge in [-0.05, 0) is 62.8 Å². The maximum atomic E-state index is 13.4. The number of carbonyl (C=O) groups is 2. The van der Waals surface area contributed by atoms with Crippen LogP contribution in [0.4, 0.5) is 10.1 Å². The zero-order chi connectivity index (χ0) is 21.1. The summed E-state index contributed by atoms with van der Waals surface area (Å²) in [6.07, 6.45) is 4.64. The average Bonchev–Trinajstić information content (AvgIpc) is 3.13. The van der Waals surface area contributed by atoms with Crippen LogP contribution in [0.1, 0.15) is 49.7 Å². The Kier molecular flexibility index (Phi) is 6.52. The van der Waals surface area contributed by atoms with Crippen LogP contribution in [-0.4, -0.2) is 25.0 Å². The summed E-state index contributed by atoms with van der Waals surface area (Å²) < 4.78 is 18.3. The first-order chi connectivity index (χ1) is 13.8. The summed E-state index contributed by atoms with van der Waals surface area (Å²) in [5, 5.41) is 0. The largest absolute Gasteiger partial charge is 0.465 e. The third-order valence-corrected chi connectivity index (χ3v) is 6.31. The van der Waals surface area contributed by atoms with Crippen molar-refractivity contribution in [1.29, 1.82) is 0 Å². The molecular formula is C23H26FNO3S. The van der Waals surface area contributed by atoms with Gasteiger partial charge in [-0.25, -0.2) is 9.18 Å². The van der Waals surface area contributed by atoms with E-state index in [-0.39, 0.29) is 17.8 Å². The number of allylic oxidation sites excluding steroid dienone is 1. The molecule has 29 heavy (non-hydrogen) atoms. The fourth-order valence-corrected chi connectivity index (χ4v) is 4.56. The Bertz CT molecular complexity index is 930. The molecule has 0 N–H and O–H groups in total. The van der Waals surface area contributed by atoms with Gasteiger partial charge in [-0.3, -0.25) is 4.79 Å². The summed E-state index contributed by atoms with van der Waals surface area (Å²) >= 11 is 1.25. The minimum absolute atomic E-state index is 0.0690. The summed E-state index contributed by atoms with van der Waals surface area (Å²) in [6.45, 7) is 6.04. The Labute approximate surface area is 175 Å². The number of benzene rings is 1. The lowest BCUT2D eigenvalue weighted by Gasteiger charge is -2.29. The average molecular weight is 416 g/mol. The van der Waals surface area contributed by atoms with Crippen LogP contribution in [-0.2, 0) is 9.53 Å². The first-order valence-electron chi connectivity index (χ1n) is 9.82. The molecule has 1 amide bonds. The van der Waals surface area contributed by atoms with Gasteiger partial charge in [0.15, 0.2) is 0 Å². The standard InChI is InChI=1S/C23H26FNO3S/c1-14(2)25(22(26)17-7-5-15(3)6-8-17)19-13-20(29-21(19)23(27)28-4)16-9-11-18(24)12-10-16/h7,9-15H,5-6,8H2,1-4H3. The second-order valence-corrected chi connectivity index (χ2v) is 8.75. The molecule has 1 atom stereocenters. The number of hydrogen-bond donors (Lipinski definition) is 0. The van der Waals surface area contributed by atoms with Gasteiger partial charge in [0.2, 0.25) is 0 Å². The smallest absolute Gasteiger partial charge is 0.350 e. The first-order valence-corrected chi connectivity index (χ1v) is 10.6. The van der Waals surface area contributed by atoms with Gasteiger partial charge in [0, 0.05) is 16.5 Å². The predicted molar refractivity (Wildman–Crippen MR) is 115 cm³/mol. The van der Waals surface area contributed by atoms with Gasteiger partial charge in [0.25, 0.3) is 5.91 Å². The maximum absolute atomic E-state index is 13.4. The fraction of sp³-hybridized carbons (Fsp3) is 0.391. The second-order valence-electron chi connectivity index (χ2n) is 7.70. The van der Waals surface area contributed by atoms with Crippen LogP contribution in [0.15, 0.2) is 42.0 Å². The summed E-state index contributed by atoms with van der Waals surface area (Å²) in [7, 11) is 1.33. The quantitative estimate of drug-likeness (QED) is 0.577. The summed E-state index contributed by atoms with van der Waals surface area (Å²) in [5.41, 5.74) is 2.12. The molecule has 1 aromatic heterocycles. The molecule has 0 spiro atoms. The van der Waals surface area contributed by atoms with Gasteiger partial charge in [0.1, 0.15) is 10.7 Å². The van der Waals surface area contributed by atoms with Gasteiger partial charge in [-0.1, -0.05) is 25.1 Å². The number of nitrogens with zero attached hydrogens (tertiary/aromatic N) is 1. The van der Waals surface area contributed by atoms with E-state index < -0.39 is 5.97 Å². The number of halogens is 1. The molecule has 1 aliphatic carbocycles. The van der Waals surface area contributed by atoms with Crippen molar-refractivity contribution < 1.29 is 18.7 Å². The highest BCUT2D eigenvalue weighted by molar-refractivity contribution is 7.18. The van der Waals surface area contributed by atoms with Gasteiger partial charge in [0.05, 0.1) is 12.8 Å². The zero-order valence-corrected chi connectivity index (χ0v) is 18.0. The lowest BCUT2D eigenvalue weighted by Crippen LogP contribution is -2.39. The van der Waals surface area contributed by atoms with E-state index in [0.29, 0.717) is 16.5 Å². The van der Waals surface area contributed by atoms with Crippen molar-refractivity contribution in [2.24, 2.45) is 5.92 Å². The van der Waals surface area contributed by atoms with Crippen molar-refractivity contribution in [2.75, 3.05) is 12.0 Å². The Balaban J connectivity index is 2.06. The molecule has 1 aromatic carbocycles. The number of ether oxygens (including phenoxy) is 1. The number of methoxy groups -OCH3 is 1. The molecule has 2 aromatic rings. The molecule has 1 unspecified atom stereocenters. The van der Waals surface area contributed by atoms with Crippen molar-refractivity contribution in [1.82, 2.24) is 0 Å². The van der Waals surface area contributed by atoms with Crippen molar-refractivity contribution in [3.8, 4) is 10.4 Å². The van der Waals surface area contributed by atoms with Crippen LogP contribution in [0, 0.1) is 11.7 Å². The Morgan fingerprint density at radius 1 is 1.24 bits per heavy atom. The molecule has 154 valence electrons. The van der Waals surface area contributed by atoms with Gasteiger partial charge >= 0.3 is 5.97 Å². The zero-order valence-electron chi connectivity index (χ0n) is 17.2. The highest BCUT2D eigenvalue weighted by Gasteiger charge is 2.30. The van der Waals surface area contributed by atoms with Crippen molar-refractivity contribution in [2.45, 2.75) is 46.1 Å². The molecule has 1 aliphatic rings. The third kappa shape index (κ3) is 4.58. The van der Waals surface area contributed by atoms with E-state index in [1.54, 1.807) is 17.0 Å². The normalized spacial score (nSPS) is 16.5. The number of amides is 1. The van der Waals surface area contributed by atoms with Crippen molar-refractivity contribution in [3.63, 3.8) is 0 Å². The number of hydrogen-bond acceptors (Lipinski definition) is 4. The highest BCUT2D eigenvalue weighted by atomic mass is 32.1. The third-order valence-electron chi connectivity index (χ3n) is 5.15. The number of carbonyl (C=O) groups excluding carboxylic acids is 2. The SMILES string of the molecule is COC(=O)c1sc(-c2ccc(F)cc2)cc1N(C(=O)C1=CCC(C)CC1)C(C)C. The Morgan fingerprint density at radius 2 is 1.93 bits per heavy atom. The molecule has 6 heteroatoms. The summed E-state index contributed by atoms with van der Waals surface area (Å²) in [5.74, 6) is -0.296. The predicted octanol–water partition coefficient (Wildman–Crippen LogP) is 5.83. The molecule has 0 saturated heterocycles. The van der Waals surface area contributed by atoms with Crippen LogP contribution >= 0.6 is 11.3 Å². The first kappa shape index (κ1) is 21.2. The molecule has 0 bridgehead atoms. The molecule has 0 aliphatic heterocycles. The van der Waals surface area contributed by atoms with E-state index in [2.05, 4.69) is 6.92 Å². The van der Waals surface area contributed by atoms with E-state index in [4.69, 9.17) is 4.74 Å². The second kappa shape index (κ2) is 8.91. The van der Waals surface area contributed by atoms with E-state index in [9.17, 15) is 14.0 Å². The van der Waals surface area contributed by atoms with Gasteiger partial charge < -0.3 is 9.64 Å². The van der Waals surface area contributed by atoms with E-state index in [1.165, 1.54) is 30.6 Å². The van der Waals surface area contributed by atoms with Crippen LogP contribution in [0.3, 0.4) is 0 Å². The summed E-state index contributed by atoms with van der Waals surface area (Å²) in [4.78, 5) is 28.7.